The van der Waals surface area contributed by atoms with Gasteiger partial charge in [-0.25, -0.2) is 0 Å². The minimum absolute atomic E-state index is 0.263. The number of aromatic nitrogens is 1. The highest BCUT2D eigenvalue weighted by Gasteiger charge is 2.11. The van der Waals surface area contributed by atoms with E-state index in [1.54, 1.807) is 0 Å². The molecule has 0 amide bonds. The molecule has 0 spiro atoms. The number of pyridine rings is 1. The number of hydrogen-bond donors (Lipinski definition) is 1. The Labute approximate surface area is 105 Å². The maximum absolute atomic E-state index is 6.14. The van der Waals surface area contributed by atoms with E-state index in [-0.39, 0.29) is 6.04 Å². The normalized spacial score (nSPS) is 13.3. The highest BCUT2D eigenvalue weighted by molar-refractivity contribution is 5.03. The summed E-state index contributed by atoms with van der Waals surface area (Å²) < 4.78 is 0. The first-order chi connectivity index (χ1) is 8.11. The summed E-state index contributed by atoms with van der Waals surface area (Å²) in [6, 6.07) is 6.31. The van der Waals surface area contributed by atoms with Crippen LogP contribution in [-0.2, 0) is 6.54 Å². The van der Waals surface area contributed by atoms with Gasteiger partial charge in [0.2, 0.25) is 0 Å². The van der Waals surface area contributed by atoms with Gasteiger partial charge in [0, 0.05) is 25.3 Å². The van der Waals surface area contributed by atoms with E-state index in [0.717, 1.165) is 31.7 Å². The van der Waals surface area contributed by atoms with Crippen molar-refractivity contribution in [3.63, 3.8) is 0 Å². The number of nitrogens with zero attached hydrogens (tertiary/aromatic N) is 2. The van der Waals surface area contributed by atoms with Gasteiger partial charge in [0.15, 0.2) is 0 Å². The summed E-state index contributed by atoms with van der Waals surface area (Å²) in [7, 11) is 0. The van der Waals surface area contributed by atoms with Crippen LogP contribution in [0.25, 0.3) is 0 Å². The fraction of sp³-hybridized carbons (Fsp3) is 0.643. The summed E-state index contributed by atoms with van der Waals surface area (Å²) in [5.41, 5.74) is 7.26. The molecule has 0 bridgehead atoms. The molecule has 1 unspecified atom stereocenters. The predicted molar refractivity (Wildman–Crippen MR) is 72.6 cm³/mol. The van der Waals surface area contributed by atoms with Gasteiger partial charge in [0.1, 0.15) is 0 Å². The van der Waals surface area contributed by atoms with Gasteiger partial charge in [-0.1, -0.05) is 26.8 Å². The van der Waals surface area contributed by atoms with E-state index in [1.165, 1.54) is 0 Å². The Morgan fingerprint density at radius 2 is 2.12 bits per heavy atom. The van der Waals surface area contributed by atoms with Crippen LogP contribution in [0.5, 0.6) is 0 Å². The van der Waals surface area contributed by atoms with Crippen LogP contribution in [-0.4, -0.2) is 29.0 Å². The predicted octanol–water partition coefficient (Wildman–Crippen LogP) is 2.28. The highest BCUT2D eigenvalue weighted by atomic mass is 15.1. The van der Waals surface area contributed by atoms with Crippen molar-refractivity contribution in [1.29, 1.82) is 0 Å². The smallest absolute Gasteiger partial charge is 0.0543 e. The van der Waals surface area contributed by atoms with Gasteiger partial charge in [-0.2, -0.15) is 0 Å². The van der Waals surface area contributed by atoms with E-state index in [9.17, 15) is 0 Å². The minimum Gasteiger partial charge on any atom is -0.327 e. The average Bonchev–Trinajstić information content (AvgIpc) is 2.28. The molecule has 1 aromatic heterocycles. The standard InChI is InChI=1S/C14H25N3/c1-4-17(10-13(15)9-12(2)3)11-14-7-5-6-8-16-14/h5-8,12-13H,4,9-11,15H2,1-3H3. The third-order valence-electron chi connectivity index (χ3n) is 2.83. The Kier molecular flexibility index (Phi) is 6.16. The van der Waals surface area contributed by atoms with Gasteiger partial charge in [-0.3, -0.25) is 9.88 Å². The summed E-state index contributed by atoms with van der Waals surface area (Å²) in [6.45, 7) is 9.46. The van der Waals surface area contributed by atoms with Crippen molar-refractivity contribution in [2.24, 2.45) is 11.7 Å². The van der Waals surface area contributed by atoms with E-state index >= 15 is 0 Å². The molecule has 0 fully saturated rings. The Morgan fingerprint density at radius 3 is 2.65 bits per heavy atom. The molecule has 2 N–H and O–H groups in total. The highest BCUT2D eigenvalue weighted by Crippen LogP contribution is 2.06. The van der Waals surface area contributed by atoms with Gasteiger partial charge < -0.3 is 5.73 Å². The molecule has 3 heteroatoms. The number of nitrogens with two attached hydrogens (primary N) is 1. The third kappa shape index (κ3) is 5.80. The SMILES string of the molecule is CCN(Cc1ccccn1)CC(N)CC(C)C. The Balaban J connectivity index is 2.43. The molecule has 0 aromatic carbocycles. The van der Waals surface area contributed by atoms with Crippen LogP contribution in [0.3, 0.4) is 0 Å². The van der Waals surface area contributed by atoms with Crippen molar-refractivity contribution in [2.75, 3.05) is 13.1 Å². The van der Waals surface area contributed by atoms with E-state index in [4.69, 9.17) is 5.73 Å². The molecule has 0 saturated carbocycles. The van der Waals surface area contributed by atoms with Crippen LogP contribution in [0.4, 0.5) is 0 Å². The topological polar surface area (TPSA) is 42.2 Å². The molecule has 1 rings (SSSR count). The minimum atomic E-state index is 0.263. The fourth-order valence-corrected chi connectivity index (χ4v) is 2.04. The molecule has 96 valence electrons. The molecular weight excluding hydrogens is 210 g/mol. The third-order valence-corrected chi connectivity index (χ3v) is 2.83. The number of rotatable bonds is 7. The molecule has 0 aliphatic carbocycles. The summed E-state index contributed by atoms with van der Waals surface area (Å²) in [5, 5.41) is 0. The first kappa shape index (κ1) is 14.1. The first-order valence-electron chi connectivity index (χ1n) is 6.49. The summed E-state index contributed by atoms with van der Waals surface area (Å²) >= 11 is 0. The van der Waals surface area contributed by atoms with Crippen LogP contribution in [0.15, 0.2) is 24.4 Å². The molecule has 1 atom stereocenters. The van der Waals surface area contributed by atoms with Gasteiger partial charge in [-0.05, 0) is 31.0 Å². The zero-order chi connectivity index (χ0) is 12.7. The zero-order valence-electron chi connectivity index (χ0n) is 11.3. The van der Waals surface area contributed by atoms with Crippen molar-refractivity contribution in [1.82, 2.24) is 9.88 Å². The first-order valence-corrected chi connectivity index (χ1v) is 6.49. The maximum atomic E-state index is 6.14. The lowest BCUT2D eigenvalue weighted by Gasteiger charge is -2.24. The van der Waals surface area contributed by atoms with Crippen molar-refractivity contribution < 1.29 is 0 Å². The lowest BCUT2D eigenvalue weighted by atomic mass is 10.0. The lowest BCUT2D eigenvalue weighted by molar-refractivity contribution is 0.247. The van der Waals surface area contributed by atoms with E-state index in [2.05, 4.69) is 36.7 Å². The van der Waals surface area contributed by atoms with Crippen molar-refractivity contribution in [3.8, 4) is 0 Å². The maximum Gasteiger partial charge on any atom is 0.0543 e. The van der Waals surface area contributed by atoms with Crippen LogP contribution in [0.2, 0.25) is 0 Å². The molecular formula is C14H25N3. The molecule has 0 aliphatic heterocycles. The van der Waals surface area contributed by atoms with Crippen LogP contribution >= 0.6 is 0 Å². The van der Waals surface area contributed by atoms with E-state index in [0.29, 0.717) is 5.92 Å². The monoisotopic (exact) mass is 235 g/mol. The van der Waals surface area contributed by atoms with E-state index in [1.807, 2.05) is 18.3 Å². The van der Waals surface area contributed by atoms with Crippen LogP contribution in [0, 0.1) is 5.92 Å². The molecule has 1 heterocycles. The summed E-state index contributed by atoms with van der Waals surface area (Å²) in [5.74, 6) is 0.665. The molecule has 0 radical (unpaired) electrons. The van der Waals surface area contributed by atoms with Crippen molar-refractivity contribution in [3.05, 3.63) is 30.1 Å². The molecule has 3 nitrogen and oxygen atoms in total. The van der Waals surface area contributed by atoms with E-state index < -0.39 is 0 Å². The average molecular weight is 235 g/mol. The van der Waals surface area contributed by atoms with Crippen molar-refractivity contribution in [2.45, 2.75) is 39.8 Å². The van der Waals surface area contributed by atoms with Gasteiger partial charge in [0.05, 0.1) is 5.69 Å². The summed E-state index contributed by atoms with van der Waals surface area (Å²) in [6.07, 6.45) is 2.93. The fourth-order valence-electron chi connectivity index (χ4n) is 2.04. The number of hydrogen-bond acceptors (Lipinski definition) is 3. The Hall–Kier alpha value is -0.930. The quantitative estimate of drug-likeness (QED) is 0.788. The van der Waals surface area contributed by atoms with Crippen LogP contribution in [0.1, 0.15) is 32.9 Å². The second-order valence-corrected chi connectivity index (χ2v) is 5.04. The second kappa shape index (κ2) is 7.41. The Bertz CT molecular complexity index is 298. The van der Waals surface area contributed by atoms with Crippen molar-refractivity contribution >= 4 is 0 Å². The molecule has 0 aliphatic rings. The lowest BCUT2D eigenvalue weighted by Crippen LogP contribution is -2.38. The largest absolute Gasteiger partial charge is 0.327 e. The molecule has 17 heavy (non-hydrogen) atoms. The van der Waals surface area contributed by atoms with Crippen LogP contribution < -0.4 is 5.73 Å². The zero-order valence-corrected chi connectivity index (χ0v) is 11.3. The summed E-state index contributed by atoms with van der Waals surface area (Å²) in [4.78, 5) is 6.71. The van der Waals surface area contributed by atoms with Gasteiger partial charge in [-0.15, -0.1) is 0 Å². The molecule has 0 saturated heterocycles. The number of likely N-dealkylation sites (N-methyl/N-ethyl adjacent to an activating group) is 1. The van der Waals surface area contributed by atoms with Gasteiger partial charge in [0.25, 0.3) is 0 Å². The van der Waals surface area contributed by atoms with Gasteiger partial charge >= 0.3 is 0 Å². The molecule has 1 aromatic rings. The second-order valence-electron chi connectivity index (χ2n) is 5.04. The Morgan fingerprint density at radius 1 is 1.35 bits per heavy atom.